The second-order valence-corrected chi connectivity index (χ2v) is 1.54. The molecule has 0 saturated carbocycles. The maximum Gasteiger partial charge on any atom is 2.00 e. The Kier molecular flexibility index (Phi) is 44.1. The summed E-state index contributed by atoms with van der Waals surface area (Å²) in [6.07, 6.45) is 0. The fraction of sp³-hybridized carbons (Fsp3) is 0. The molecule has 0 atom stereocenters. The number of hydrogen-bond donors (Lipinski definition) is 3. The van der Waals surface area contributed by atoms with Crippen LogP contribution in [0.5, 0.6) is 0 Å². The van der Waals surface area contributed by atoms with E-state index in [4.69, 9.17) is 19.2 Å². The summed E-state index contributed by atoms with van der Waals surface area (Å²) in [5.74, 6) is 0. The predicted molar refractivity (Wildman–Crippen MR) is 33.3 cm³/mol. The second-order valence-electron chi connectivity index (χ2n) is 0.513. The Bertz CT molecular complexity index is 76.4. The first-order valence-electron chi connectivity index (χ1n) is 0.783. The van der Waals surface area contributed by atoms with E-state index < -0.39 is 7.82 Å². The molecular weight excluding hydrogens is 201 g/mol. The summed E-state index contributed by atoms with van der Waals surface area (Å²) in [5, 5.41) is 0. The standard InChI is InChI=1S/Al.Li.Mg.H3O4P.Ti.6H/c;;;1-5(2,3)4;;;;;;;/h;;;(H3,1,2,3,4);;;;;;;/q;+1;+2;;;;;;3*-1. The summed E-state index contributed by atoms with van der Waals surface area (Å²) in [6, 6.07) is 0. The van der Waals surface area contributed by atoms with Gasteiger partial charge in [-0.2, -0.15) is 0 Å². The Balaban J connectivity index is -0.00000000381. The molecule has 48 valence electrons. The number of rotatable bonds is 0. The summed E-state index contributed by atoms with van der Waals surface area (Å²) in [5.41, 5.74) is 0. The number of phosphoric acid groups is 1. The van der Waals surface area contributed by atoms with E-state index in [1.54, 1.807) is 0 Å². The van der Waals surface area contributed by atoms with Crippen molar-refractivity contribution in [1.82, 2.24) is 0 Å². The Labute approximate surface area is 111 Å². The van der Waals surface area contributed by atoms with Gasteiger partial charge in [0.1, 0.15) is 0 Å². The summed E-state index contributed by atoms with van der Waals surface area (Å²) in [7, 11) is -4.64. The van der Waals surface area contributed by atoms with E-state index in [2.05, 4.69) is 0 Å². The van der Waals surface area contributed by atoms with Crippen LogP contribution in [0, 0.1) is 0 Å². The van der Waals surface area contributed by atoms with Crippen LogP contribution in [0.15, 0.2) is 0 Å². The van der Waals surface area contributed by atoms with Gasteiger partial charge in [0.05, 0.1) is 0 Å². The SMILES string of the molecule is O=P(O)(O)O.[AlH3].[H-].[H-].[H-].[Li+].[Mg+2].[Ti]. The average Bonchev–Trinajstić information content (AvgIpc) is 0.722. The molecule has 0 spiro atoms. The van der Waals surface area contributed by atoms with E-state index in [1.807, 2.05) is 0 Å². The van der Waals surface area contributed by atoms with Gasteiger partial charge in [0.25, 0.3) is 0 Å². The van der Waals surface area contributed by atoms with Gasteiger partial charge in [-0.3, -0.25) is 0 Å². The monoisotopic (exact) mass is 210 g/mol. The molecule has 4 nitrogen and oxygen atoms in total. The first-order valence-corrected chi connectivity index (χ1v) is 2.35. The van der Waals surface area contributed by atoms with Crippen LogP contribution in [0.1, 0.15) is 4.28 Å². The normalized spacial score (nSPS) is 6.56. The van der Waals surface area contributed by atoms with Crippen LogP contribution in [0.25, 0.3) is 0 Å². The average molecular weight is 210 g/mol. The maximum atomic E-state index is 8.88. The minimum atomic E-state index is -4.64. The quantitative estimate of drug-likeness (QED) is 0.276. The van der Waals surface area contributed by atoms with Gasteiger partial charge >= 0.3 is 49.7 Å². The van der Waals surface area contributed by atoms with Crippen molar-refractivity contribution < 1.29 is 64.1 Å². The third-order valence-corrected chi connectivity index (χ3v) is 0. The van der Waals surface area contributed by atoms with Gasteiger partial charge in [-0.05, 0) is 0 Å². The Morgan fingerprint density at radius 1 is 1.22 bits per heavy atom. The third kappa shape index (κ3) is 110. The molecule has 3 N–H and O–H groups in total. The Morgan fingerprint density at radius 3 is 1.22 bits per heavy atom. The van der Waals surface area contributed by atoms with Crippen molar-refractivity contribution >= 4 is 48.2 Å². The molecule has 0 bridgehead atoms. The molecule has 0 aliphatic heterocycles. The number of hydrogen-bond acceptors (Lipinski definition) is 1. The largest absolute Gasteiger partial charge is 2.00 e. The minimum absolute atomic E-state index is 0. The summed E-state index contributed by atoms with van der Waals surface area (Å²) in [6.45, 7) is 0. The van der Waals surface area contributed by atoms with Crippen molar-refractivity contribution in [3.05, 3.63) is 0 Å². The van der Waals surface area contributed by atoms with Crippen LogP contribution in [0.4, 0.5) is 0 Å². The Hall–Kier alpha value is 2.72. The molecule has 0 aliphatic carbocycles. The zero-order chi connectivity index (χ0) is 4.50. The molecule has 0 rings (SSSR count). The van der Waals surface area contributed by atoms with E-state index in [9.17, 15) is 0 Å². The summed E-state index contributed by atoms with van der Waals surface area (Å²) in [4.78, 5) is 21.6. The fourth-order valence-corrected chi connectivity index (χ4v) is 0. The van der Waals surface area contributed by atoms with E-state index in [1.165, 1.54) is 0 Å². The van der Waals surface area contributed by atoms with Crippen molar-refractivity contribution in [2.75, 3.05) is 0 Å². The third-order valence-electron chi connectivity index (χ3n) is 0. The molecule has 0 heterocycles. The molecule has 9 heteroatoms. The zero-order valence-electron chi connectivity index (χ0n) is 7.40. The van der Waals surface area contributed by atoms with Crippen molar-refractivity contribution in [3.63, 3.8) is 0 Å². The zero-order valence-corrected chi connectivity index (χ0v) is 8.27. The molecule has 0 amide bonds. The molecule has 0 aliphatic rings. The van der Waals surface area contributed by atoms with Crippen molar-refractivity contribution in [2.24, 2.45) is 0 Å². The first kappa shape index (κ1) is 29.8. The van der Waals surface area contributed by atoms with Crippen molar-refractivity contribution in [1.29, 1.82) is 0 Å². The second kappa shape index (κ2) is 13.3. The molecule has 0 aromatic heterocycles. The van der Waals surface area contributed by atoms with Crippen molar-refractivity contribution in [3.8, 4) is 0 Å². The fourth-order valence-electron chi connectivity index (χ4n) is 0. The molecule has 0 unspecified atom stereocenters. The van der Waals surface area contributed by atoms with Crippen LogP contribution in [-0.4, -0.2) is 55.1 Å². The molecule has 0 fully saturated rings. The summed E-state index contributed by atoms with van der Waals surface area (Å²) >= 11 is 0. The molecule has 0 aromatic rings. The topological polar surface area (TPSA) is 77.8 Å². The van der Waals surface area contributed by atoms with Gasteiger partial charge < -0.3 is 19.0 Å². The summed E-state index contributed by atoms with van der Waals surface area (Å²) < 4.78 is 8.88. The molecule has 0 aromatic carbocycles. The van der Waals surface area contributed by atoms with Crippen molar-refractivity contribution in [2.45, 2.75) is 0 Å². The van der Waals surface area contributed by atoms with E-state index >= 15 is 0 Å². The minimum Gasteiger partial charge on any atom is -1.00 e. The van der Waals surface area contributed by atoms with Crippen LogP contribution >= 0.6 is 7.82 Å². The molecule has 0 radical (unpaired) electrons. The molecule has 9 heavy (non-hydrogen) atoms. The smallest absolute Gasteiger partial charge is 1.00 e. The van der Waals surface area contributed by atoms with E-state index in [-0.39, 0.29) is 85.3 Å². The van der Waals surface area contributed by atoms with Gasteiger partial charge in [0.2, 0.25) is 0 Å². The van der Waals surface area contributed by atoms with Crippen LogP contribution in [-0.2, 0) is 26.3 Å². The van der Waals surface area contributed by atoms with Crippen LogP contribution in [0.2, 0.25) is 0 Å². The van der Waals surface area contributed by atoms with E-state index in [0.29, 0.717) is 0 Å². The van der Waals surface area contributed by atoms with Gasteiger partial charge in [0.15, 0.2) is 17.4 Å². The predicted octanol–water partition coefficient (Wildman–Crippen LogP) is -5.15. The van der Waals surface area contributed by atoms with E-state index in [0.717, 1.165) is 0 Å². The first-order chi connectivity index (χ1) is 2.00. The maximum absolute atomic E-state index is 8.88. The van der Waals surface area contributed by atoms with Gasteiger partial charge in [-0.1, -0.05) is 0 Å². The van der Waals surface area contributed by atoms with Crippen LogP contribution in [0.3, 0.4) is 0 Å². The Morgan fingerprint density at radius 2 is 1.22 bits per heavy atom. The van der Waals surface area contributed by atoms with Crippen LogP contribution < -0.4 is 18.9 Å². The molecule has 0 saturated heterocycles. The molecular formula is H9AlLiMgO4PTi. The van der Waals surface area contributed by atoms with Gasteiger partial charge in [0, 0.05) is 21.7 Å². The van der Waals surface area contributed by atoms with Gasteiger partial charge in [-0.15, -0.1) is 0 Å². The van der Waals surface area contributed by atoms with Gasteiger partial charge in [-0.25, -0.2) is 4.57 Å².